The molecule has 1 N–H and O–H groups in total. The first-order valence-corrected chi connectivity index (χ1v) is 12.2. The van der Waals surface area contributed by atoms with E-state index in [0.29, 0.717) is 35.5 Å². The first-order chi connectivity index (χ1) is 15.4. The number of hydrogen-bond donors (Lipinski definition) is 1. The number of hydrogen-bond acceptors (Lipinski definition) is 5. The van der Waals surface area contributed by atoms with Crippen molar-refractivity contribution < 1.29 is 9.21 Å². The third-order valence-electron chi connectivity index (χ3n) is 7.50. The van der Waals surface area contributed by atoms with Crippen LogP contribution in [0.15, 0.2) is 28.6 Å². The maximum Gasteiger partial charge on any atom is 0.265 e. The number of carbonyl (C=O) groups is 1. The molecule has 4 rings (SSSR count). The first kappa shape index (κ1) is 22.7. The maximum absolute atomic E-state index is 12.7. The van der Waals surface area contributed by atoms with E-state index in [0.717, 1.165) is 37.9 Å². The maximum atomic E-state index is 12.7. The Labute approximate surface area is 191 Å². The minimum absolute atomic E-state index is 0.216. The zero-order valence-corrected chi connectivity index (χ0v) is 19.9. The quantitative estimate of drug-likeness (QED) is 0.639. The fourth-order valence-corrected chi connectivity index (χ4v) is 5.45. The third kappa shape index (κ3) is 5.13. The van der Waals surface area contributed by atoms with Crippen LogP contribution in [-0.2, 0) is 18.3 Å². The van der Waals surface area contributed by atoms with Crippen molar-refractivity contribution in [3.05, 3.63) is 30.1 Å². The van der Waals surface area contributed by atoms with Crippen LogP contribution in [0.25, 0.3) is 11.6 Å². The number of nitrogens with zero attached hydrogens (tertiary/aromatic N) is 4. The monoisotopic (exact) mass is 439 g/mol. The van der Waals surface area contributed by atoms with Crippen molar-refractivity contribution in [2.45, 2.75) is 65.7 Å². The van der Waals surface area contributed by atoms with E-state index in [1.54, 1.807) is 12.5 Å². The molecular formula is C25H37N5O2. The van der Waals surface area contributed by atoms with Gasteiger partial charge < -0.3 is 14.3 Å². The summed E-state index contributed by atoms with van der Waals surface area (Å²) < 4.78 is 7.84. The third-order valence-corrected chi connectivity index (χ3v) is 7.50. The summed E-state index contributed by atoms with van der Waals surface area (Å²) in [6, 6.07) is 0. The highest BCUT2D eigenvalue weighted by molar-refractivity contribution is 5.78. The molecule has 1 amide bonds. The number of aromatic nitrogens is 4. The van der Waals surface area contributed by atoms with Crippen LogP contribution in [0.1, 0.15) is 65.2 Å². The van der Waals surface area contributed by atoms with Gasteiger partial charge >= 0.3 is 0 Å². The van der Waals surface area contributed by atoms with Gasteiger partial charge in [-0.05, 0) is 49.9 Å². The van der Waals surface area contributed by atoms with Crippen LogP contribution in [0, 0.1) is 29.6 Å². The van der Waals surface area contributed by atoms with Crippen LogP contribution in [0.2, 0.25) is 0 Å². The van der Waals surface area contributed by atoms with E-state index in [2.05, 4.69) is 47.3 Å². The molecule has 2 aliphatic rings. The lowest BCUT2D eigenvalue weighted by molar-refractivity contribution is -0.126. The van der Waals surface area contributed by atoms with Crippen LogP contribution >= 0.6 is 0 Å². The second-order valence-electron chi connectivity index (χ2n) is 10.1. The molecule has 1 saturated carbocycles. The molecule has 0 aliphatic heterocycles. The zero-order chi connectivity index (χ0) is 22.7. The van der Waals surface area contributed by atoms with Crippen molar-refractivity contribution in [1.82, 2.24) is 25.1 Å². The number of nitrogens with one attached hydrogen (secondary N) is 1. The van der Waals surface area contributed by atoms with Gasteiger partial charge in [0.25, 0.3) is 5.89 Å². The molecule has 2 aliphatic carbocycles. The number of allylic oxidation sites excluding steroid dienone is 1. The lowest BCUT2D eigenvalue weighted by Crippen LogP contribution is -2.39. The Kier molecular flexibility index (Phi) is 7.11. The molecule has 0 saturated heterocycles. The average Bonchev–Trinajstić information content (AvgIpc) is 3.42. The lowest BCUT2D eigenvalue weighted by atomic mass is 9.70. The highest BCUT2D eigenvalue weighted by atomic mass is 16.4. The molecule has 0 unspecified atom stereocenters. The molecule has 174 valence electrons. The van der Waals surface area contributed by atoms with Gasteiger partial charge in [0, 0.05) is 25.9 Å². The van der Waals surface area contributed by atoms with Crippen molar-refractivity contribution in [2.75, 3.05) is 6.54 Å². The van der Waals surface area contributed by atoms with Gasteiger partial charge in [0.1, 0.15) is 5.69 Å². The molecule has 0 aromatic carbocycles. The largest absolute Gasteiger partial charge is 0.419 e. The predicted molar refractivity (Wildman–Crippen MR) is 123 cm³/mol. The predicted octanol–water partition coefficient (Wildman–Crippen LogP) is 4.56. The van der Waals surface area contributed by atoms with Crippen LogP contribution in [0.3, 0.4) is 0 Å². The Morgan fingerprint density at radius 1 is 1.25 bits per heavy atom. The average molecular weight is 440 g/mol. The van der Waals surface area contributed by atoms with E-state index in [-0.39, 0.29) is 11.8 Å². The van der Waals surface area contributed by atoms with Crippen molar-refractivity contribution in [3.8, 4) is 11.6 Å². The molecule has 7 nitrogen and oxygen atoms in total. The summed E-state index contributed by atoms with van der Waals surface area (Å²) in [5.74, 6) is 3.49. The van der Waals surface area contributed by atoms with Crippen molar-refractivity contribution in [1.29, 1.82) is 0 Å². The van der Waals surface area contributed by atoms with Gasteiger partial charge in [0.2, 0.25) is 11.8 Å². The van der Waals surface area contributed by atoms with Gasteiger partial charge in [-0.1, -0.05) is 44.8 Å². The molecule has 0 spiro atoms. The van der Waals surface area contributed by atoms with Crippen LogP contribution in [-0.4, -0.2) is 32.2 Å². The van der Waals surface area contributed by atoms with E-state index in [4.69, 9.17) is 4.42 Å². The Morgan fingerprint density at radius 3 is 2.72 bits per heavy atom. The van der Waals surface area contributed by atoms with E-state index in [1.165, 1.54) is 24.8 Å². The standard InChI is InChI=1S/C25H37N5O2/c1-16(2)21-11-19(12-23-28-29-25(32-23)22-14-26-15-30(22)4)17(3)10-20(21)13-27-24(31)18-8-6-5-7-9-18/h10,14-16,18-21H,5-9,11-13H2,1-4H3,(H,27,31)/t19-,20-,21-/m0/s1. The smallest absolute Gasteiger partial charge is 0.265 e. The first-order valence-electron chi connectivity index (χ1n) is 12.2. The molecule has 2 aromatic rings. The van der Waals surface area contributed by atoms with Gasteiger partial charge in [0.05, 0.1) is 12.5 Å². The van der Waals surface area contributed by atoms with E-state index in [9.17, 15) is 4.79 Å². The van der Waals surface area contributed by atoms with Gasteiger partial charge in [-0.2, -0.15) is 0 Å². The summed E-state index contributed by atoms with van der Waals surface area (Å²) in [7, 11) is 1.92. The molecule has 0 bridgehead atoms. The highest BCUT2D eigenvalue weighted by Gasteiger charge is 2.33. The second-order valence-corrected chi connectivity index (χ2v) is 10.1. The molecule has 1 fully saturated rings. The second kappa shape index (κ2) is 10.0. The van der Waals surface area contributed by atoms with Crippen molar-refractivity contribution >= 4 is 5.91 Å². The fourth-order valence-electron chi connectivity index (χ4n) is 5.45. The molecule has 3 atom stereocenters. The van der Waals surface area contributed by atoms with Crippen LogP contribution in [0.4, 0.5) is 0 Å². The summed E-state index contributed by atoms with van der Waals surface area (Å²) in [4.78, 5) is 16.8. The Bertz CT molecular complexity index is 938. The summed E-state index contributed by atoms with van der Waals surface area (Å²) in [6.07, 6.45) is 13.4. The molecule has 7 heteroatoms. The van der Waals surface area contributed by atoms with E-state index >= 15 is 0 Å². The number of rotatable bonds is 7. The minimum Gasteiger partial charge on any atom is -0.419 e. The Balaban J connectivity index is 1.40. The summed E-state index contributed by atoms with van der Waals surface area (Å²) >= 11 is 0. The lowest BCUT2D eigenvalue weighted by Gasteiger charge is -2.37. The molecule has 0 radical (unpaired) electrons. The molecule has 32 heavy (non-hydrogen) atoms. The van der Waals surface area contributed by atoms with Gasteiger partial charge in [-0.25, -0.2) is 4.98 Å². The summed E-state index contributed by atoms with van der Waals surface area (Å²) in [5.41, 5.74) is 2.19. The topological polar surface area (TPSA) is 85.8 Å². The SMILES string of the molecule is CC1=C[C@@H](CNC(=O)C2CCCCC2)[C@H](C(C)C)C[C@H]1Cc1nnc(-c2cncn2C)o1. The summed E-state index contributed by atoms with van der Waals surface area (Å²) in [6.45, 7) is 7.53. The van der Waals surface area contributed by atoms with E-state index < -0.39 is 0 Å². The number of amides is 1. The van der Waals surface area contributed by atoms with Crippen molar-refractivity contribution in [3.63, 3.8) is 0 Å². The van der Waals surface area contributed by atoms with Gasteiger partial charge in [-0.15, -0.1) is 10.2 Å². The highest BCUT2D eigenvalue weighted by Crippen LogP contribution is 2.39. The number of imidazole rings is 1. The number of aryl methyl sites for hydroxylation is 1. The Hall–Kier alpha value is -2.44. The summed E-state index contributed by atoms with van der Waals surface area (Å²) in [5, 5.41) is 11.8. The molecule has 2 heterocycles. The fraction of sp³-hybridized carbons (Fsp3) is 0.680. The van der Waals surface area contributed by atoms with Crippen LogP contribution in [0.5, 0.6) is 0 Å². The molecule has 2 aromatic heterocycles. The number of carbonyl (C=O) groups excluding carboxylic acids is 1. The van der Waals surface area contributed by atoms with Crippen molar-refractivity contribution in [2.24, 2.45) is 36.6 Å². The zero-order valence-electron chi connectivity index (χ0n) is 19.9. The van der Waals surface area contributed by atoms with Crippen LogP contribution < -0.4 is 5.32 Å². The Morgan fingerprint density at radius 2 is 2.03 bits per heavy atom. The van der Waals surface area contributed by atoms with E-state index in [1.807, 2.05) is 11.6 Å². The molecular weight excluding hydrogens is 402 g/mol. The van der Waals surface area contributed by atoms with Gasteiger partial charge in [0.15, 0.2) is 0 Å². The normalized spacial score (nSPS) is 24.5. The minimum atomic E-state index is 0.216. The van der Waals surface area contributed by atoms with Gasteiger partial charge in [-0.3, -0.25) is 4.79 Å².